The van der Waals surface area contributed by atoms with Crippen LogP contribution in [-0.4, -0.2) is 54.4 Å². The Morgan fingerprint density at radius 1 is 0.676 bits per heavy atom. The number of nitrogens with one attached hydrogen (secondary N) is 2. The lowest BCUT2D eigenvalue weighted by Gasteiger charge is -2.17. The third kappa shape index (κ3) is 13.4. The van der Waals surface area contributed by atoms with E-state index in [-0.39, 0.29) is 38.1 Å². The predicted molar refractivity (Wildman–Crippen MR) is 270 cm³/mol. The lowest BCUT2D eigenvalue weighted by Crippen LogP contribution is -2.44. The van der Waals surface area contributed by atoms with Gasteiger partial charge in [0.05, 0.1) is 39.1 Å². The second-order valence-electron chi connectivity index (χ2n) is 16.3. The standard InChI is InChI=1S/C27H27ClN4O4.C22H22ClIN4O4/c1-17-14-23(13-10-21(17)9-6-19-4-5-19)29-25-30-26(34)32(15-18(2)24(33)36-3)27(35)31(25)16-20-7-11-22(28)12-8-20;1-13-10-17(8-9-18(13)24)25-20-26-21(30)28(11-14(2)19(29)32-3)22(31)27(20)12-15-4-6-16(23)7-5-15/h7-8,10-14,18-19H,4-5,15-16H2,1-3H3,(H,29,30,34);4-10,14H,11-12H2,1-3H3,(H,25,26,30)/t18-;14-/m00/s1. The monoisotopic (exact) mass is 1070 g/mol. The Balaban J connectivity index is 0.000000226. The molecule has 1 aliphatic carbocycles. The fourth-order valence-electron chi connectivity index (χ4n) is 6.76. The van der Waals surface area contributed by atoms with E-state index in [0.29, 0.717) is 27.3 Å². The highest BCUT2D eigenvalue weighted by Crippen LogP contribution is 2.28. The second-order valence-corrected chi connectivity index (χ2v) is 18.3. The molecule has 1 saturated carbocycles. The van der Waals surface area contributed by atoms with Crippen LogP contribution in [-0.2, 0) is 45.2 Å². The number of aromatic nitrogens is 6. The van der Waals surface area contributed by atoms with E-state index in [9.17, 15) is 28.8 Å². The Bertz CT molecular complexity index is 3140. The van der Waals surface area contributed by atoms with Crippen LogP contribution in [0, 0.1) is 47.0 Å². The van der Waals surface area contributed by atoms with Crippen LogP contribution >= 0.6 is 45.8 Å². The summed E-state index contributed by atoms with van der Waals surface area (Å²) >= 11 is 14.2. The third-order valence-electron chi connectivity index (χ3n) is 10.8. The van der Waals surface area contributed by atoms with Gasteiger partial charge in [0, 0.05) is 49.6 Å². The first-order valence-electron chi connectivity index (χ1n) is 21.4. The molecule has 0 aliphatic heterocycles. The summed E-state index contributed by atoms with van der Waals surface area (Å²) in [5, 5.41) is 7.35. The van der Waals surface area contributed by atoms with E-state index in [1.807, 2.05) is 50.2 Å². The highest BCUT2D eigenvalue weighted by Gasteiger charge is 2.22. The molecule has 6 aromatic rings. The zero-order valence-electron chi connectivity index (χ0n) is 38.1. The molecule has 0 bridgehead atoms. The minimum atomic E-state index is -0.755. The summed E-state index contributed by atoms with van der Waals surface area (Å²) in [6.45, 7) is 7.11. The van der Waals surface area contributed by atoms with Crippen LogP contribution in [0.15, 0.2) is 104 Å². The highest BCUT2D eigenvalue weighted by molar-refractivity contribution is 14.1. The molecule has 0 saturated heterocycles. The van der Waals surface area contributed by atoms with Gasteiger partial charge in [-0.3, -0.25) is 18.7 Å². The molecule has 16 nitrogen and oxygen atoms in total. The maximum absolute atomic E-state index is 13.4. The number of carbonyl (C=O) groups is 2. The van der Waals surface area contributed by atoms with Gasteiger partial charge in [0.15, 0.2) is 0 Å². The Morgan fingerprint density at radius 2 is 1.10 bits per heavy atom. The minimum Gasteiger partial charge on any atom is -0.469 e. The van der Waals surface area contributed by atoms with Gasteiger partial charge in [0.25, 0.3) is 0 Å². The van der Waals surface area contributed by atoms with Crippen molar-refractivity contribution < 1.29 is 19.1 Å². The number of nitrogens with zero attached hydrogens (tertiary/aromatic N) is 6. The molecular weight excluding hydrogens is 1030 g/mol. The first kappa shape index (κ1) is 50.9. The van der Waals surface area contributed by atoms with Crippen LogP contribution in [0.1, 0.15) is 54.5 Å². The number of anilines is 4. The summed E-state index contributed by atoms with van der Waals surface area (Å²) in [7, 11) is 2.52. The van der Waals surface area contributed by atoms with Gasteiger partial charge in [-0.05, 0) is 132 Å². The average molecular weight is 1080 g/mol. The summed E-state index contributed by atoms with van der Waals surface area (Å²) in [5.74, 6) is 4.77. The molecule has 1 aliphatic rings. The normalized spacial score (nSPS) is 12.7. The molecule has 68 heavy (non-hydrogen) atoms. The molecule has 0 amide bonds. The molecule has 2 atom stereocenters. The van der Waals surface area contributed by atoms with Crippen LogP contribution in [0.4, 0.5) is 23.3 Å². The summed E-state index contributed by atoms with van der Waals surface area (Å²) in [5.41, 5.74) is 3.23. The molecule has 4 aromatic carbocycles. The van der Waals surface area contributed by atoms with Crippen molar-refractivity contribution in [3.63, 3.8) is 0 Å². The van der Waals surface area contributed by atoms with Crippen molar-refractivity contribution in [1.82, 2.24) is 28.2 Å². The topological polar surface area (TPSA) is 190 Å². The van der Waals surface area contributed by atoms with Crippen LogP contribution in [0.25, 0.3) is 0 Å². The third-order valence-corrected chi connectivity index (χ3v) is 12.5. The largest absolute Gasteiger partial charge is 0.469 e. The average Bonchev–Trinajstić information content (AvgIpc) is 4.15. The molecule has 2 N–H and O–H groups in total. The highest BCUT2D eigenvalue weighted by atomic mass is 127. The molecule has 2 heterocycles. The predicted octanol–water partition coefficient (Wildman–Crippen LogP) is 7.30. The fourth-order valence-corrected chi connectivity index (χ4v) is 7.35. The van der Waals surface area contributed by atoms with Crippen LogP contribution in [0.2, 0.25) is 10.0 Å². The van der Waals surface area contributed by atoms with E-state index in [1.54, 1.807) is 62.4 Å². The molecule has 354 valence electrons. The minimum absolute atomic E-state index is 0.0955. The smallest absolute Gasteiger partial charge is 0.354 e. The van der Waals surface area contributed by atoms with E-state index in [4.69, 9.17) is 32.7 Å². The molecule has 0 radical (unpaired) electrons. The Labute approximate surface area is 415 Å². The second kappa shape index (κ2) is 23.0. The maximum atomic E-state index is 13.4. The number of benzene rings is 4. The quantitative estimate of drug-likeness (QED) is 0.0630. The van der Waals surface area contributed by atoms with Crippen molar-refractivity contribution in [2.24, 2.45) is 17.8 Å². The van der Waals surface area contributed by atoms with Gasteiger partial charge >= 0.3 is 34.7 Å². The fraction of sp³-hybridized carbons (Fsp3) is 0.306. The number of halogens is 3. The molecule has 7 rings (SSSR count). The number of carbonyl (C=O) groups excluding carboxylic acids is 2. The first-order valence-corrected chi connectivity index (χ1v) is 23.3. The van der Waals surface area contributed by atoms with Gasteiger partial charge in [-0.1, -0.05) is 73.2 Å². The Hall–Kier alpha value is -6.49. The molecule has 0 spiro atoms. The van der Waals surface area contributed by atoms with Gasteiger partial charge in [-0.25, -0.2) is 28.3 Å². The number of rotatable bonds is 14. The van der Waals surface area contributed by atoms with Gasteiger partial charge in [0.2, 0.25) is 11.9 Å². The van der Waals surface area contributed by atoms with Gasteiger partial charge in [-0.15, -0.1) is 0 Å². The summed E-state index contributed by atoms with van der Waals surface area (Å²) in [6.07, 6.45) is 2.32. The number of hydrogen-bond donors (Lipinski definition) is 2. The first-order chi connectivity index (χ1) is 32.4. The van der Waals surface area contributed by atoms with Crippen LogP contribution < -0.4 is 33.4 Å². The van der Waals surface area contributed by atoms with Gasteiger partial charge in [0.1, 0.15) is 0 Å². The van der Waals surface area contributed by atoms with Gasteiger partial charge in [-0.2, -0.15) is 9.97 Å². The zero-order valence-corrected chi connectivity index (χ0v) is 41.8. The number of aryl methyl sites for hydroxylation is 2. The molecule has 2 aromatic heterocycles. The summed E-state index contributed by atoms with van der Waals surface area (Å²) < 4.78 is 15.2. The molecule has 1 fully saturated rings. The SMILES string of the molecule is COC(=O)[C@@H](C)Cn1c(=O)nc(Nc2ccc(C#CC3CC3)c(C)c2)n(Cc2ccc(Cl)cc2)c1=O.COC(=O)[C@@H](C)Cn1c(=O)nc(Nc2ccc(I)c(C)c2)n(Cc2ccc(Cl)cc2)c1=O. The van der Waals surface area contributed by atoms with E-state index in [0.717, 1.165) is 53.4 Å². The maximum Gasteiger partial charge on any atom is 0.354 e. The summed E-state index contributed by atoms with van der Waals surface area (Å²) in [6, 6.07) is 25.4. The van der Waals surface area contributed by atoms with Crippen LogP contribution in [0.5, 0.6) is 0 Å². The molecule has 0 unspecified atom stereocenters. The van der Waals surface area contributed by atoms with E-state index in [2.05, 4.69) is 55.0 Å². The zero-order chi connectivity index (χ0) is 49.2. The Morgan fingerprint density at radius 3 is 1.50 bits per heavy atom. The van der Waals surface area contributed by atoms with Crippen molar-refractivity contribution >= 4 is 81.0 Å². The van der Waals surface area contributed by atoms with Crippen molar-refractivity contribution in [2.75, 3.05) is 24.9 Å². The summed E-state index contributed by atoms with van der Waals surface area (Å²) in [4.78, 5) is 84.3. The lowest BCUT2D eigenvalue weighted by molar-refractivity contribution is -0.146. The number of ether oxygens (including phenoxy) is 2. The lowest BCUT2D eigenvalue weighted by atomic mass is 10.1. The van der Waals surface area contributed by atoms with Crippen molar-refractivity contribution in [1.29, 1.82) is 0 Å². The van der Waals surface area contributed by atoms with Crippen molar-refractivity contribution in [3.8, 4) is 11.8 Å². The van der Waals surface area contributed by atoms with Crippen LogP contribution in [0.3, 0.4) is 0 Å². The Kier molecular flexibility index (Phi) is 17.2. The van der Waals surface area contributed by atoms with Gasteiger partial charge < -0.3 is 20.1 Å². The molecular formula is C49H49Cl2IN8O8. The van der Waals surface area contributed by atoms with Crippen molar-refractivity contribution in [3.05, 3.63) is 168 Å². The number of hydrogen-bond acceptors (Lipinski definition) is 12. The molecule has 19 heteroatoms. The van der Waals surface area contributed by atoms with E-state index in [1.165, 1.54) is 23.4 Å². The number of methoxy groups -OCH3 is 2. The number of esters is 2. The van der Waals surface area contributed by atoms with Crippen molar-refractivity contribution in [2.45, 2.75) is 66.7 Å². The van der Waals surface area contributed by atoms with E-state index < -0.39 is 46.5 Å². The van der Waals surface area contributed by atoms with E-state index >= 15 is 0 Å².